The summed E-state index contributed by atoms with van der Waals surface area (Å²) in [6.45, 7) is -0.0698. The molecule has 152 valence electrons. The lowest BCUT2D eigenvalue weighted by Crippen LogP contribution is -2.28. The zero-order valence-corrected chi connectivity index (χ0v) is 16.7. The smallest absolute Gasteiger partial charge is 0.329 e. The zero-order chi connectivity index (χ0) is 21.1. The highest BCUT2D eigenvalue weighted by Gasteiger charge is 2.13. The number of nitrogens with zero attached hydrogens (tertiary/aromatic N) is 2. The predicted octanol–water partition coefficient (Wildman–Crippen LogP) is 3.78. The van der Waals surface area contributed by atoms with E-state index in [4.69, 9.17) is 9.47 Å². The van der Waals surface area contributed by atoms with Crippen LogP contribution in [-0.2, 0) is 18.4 Å². The molecule has 1 heterocycles. The van der Waals surface area contributed by atoms with Crippen LogP contribution in [0, 0.1) is 0 Å². The average molecular weight is 403 g/mol. The van der Waals surface area contributed by atoms with Gasteiger partial charge in [-0.3, -0.25) is 13.9 Å². The number of para-hydroxylation sites is 4. The molecule has 0 atom stereocenters. The fourth-order valence-corrected chi connectivity index (χ4v) is 3.30. The molecule has 0 unspecified atom stereocenters. The van der Waals surface area contributed by atoms with Gasteiger partial charge in [-0.2, -0.15) is 0 Å². The van der Waals surface area contributed by atoms with E-state index in [1.807, 2.05) is 48.5 Å². The van der Waals surface area contributed by atoms with Gasteiger partial charge in [-0.1, -0.05) is 24.3 Å². The first-order chi connectivity index (χ1) is 14.6. The normalized spacial score (nSPS) is 10.7. The maximum absolute atomic E-state index is 12.5. The van der Waals surface area contributed by atoms with Crippen molar-refractivity contribution in [3.8, 4) is 17.2 Å². The highest BCUT2D eigenvalue weighted by atomic mass is 16.5. The van der Waals surface area contributed by atoms with Crippen LogP contribution in [0.2, 0.25) is 0 Å². The van der Waals surface area contributed by atoms with Crippen LogP contribution < -0.4 is 20.5 Å². The third-order valence-electron chi connectivity index (χ3n) is 4.79. The summed E-state index contributed by atoms with van der Waals surface area (Å²) >= 11 is 0. The molecule has 0 saturated heterocycles. The van der Waals surface area contributed by atoms with Crippen molar-refractivity contribution >= 4 is 22.6 Å². The number of ether oxygens (including phenoxy) is 2. The van der Waals surface area contributed by atoms with E-state index < -0.39 is 0 Å². The van der Waals surface area contributed by atoms with Crippen molar-refractivity contribution in [1.82, 2.24) is 9.13 Å². The van der Waals surface area contributed by atoms with E-state index in [0.717, 1.165) is 11.0 Å². The Morgan fingerprint density at radius 3 is 2.23 bits per heavy atom. The number of rotatable bonds is 6. The van der Waals surface area contributed by atoms with Gasteiger partial charge in [0.25, 0.3) is 0 Å². The molecular formula is C23H21N3O4. The molecule has 0 aliphatic heterocycles. The largest absolute Gasteiger partial charge is 0.493 e. The summed E-state index contributed by atoms with van der Waals surface area (Å²) in [4.78, 5) is 25.0. The molecule has 1 aromatic heterocycles. The Morgan fingerprint density at radius 2 is 1.53 bits per heavy atom. The van der Waals surface area contributed by atoms with Crippen LogP contribution in [-0.4, -0.2) is 22.2 Å². The molecule has 7 heteroatoms. The fourth-order valence-electron chi connectivity index (χ4n) is 3.30. The number of benzene rings is 3. The van der Waals surface area contributed by atoms with Crippen molar-refractivity contribution in [1.29, 1.82) is 0 Å². The molecule has 0 fully saturated rings. The maximum Gasteiger partial charge on any atom is 0.329 e. The number of anilines is 1. The molecule has 30 heavy (non-hydrogen) atoms. The summed E-state index contributed by atoms with van der Waals surface area (Å²) < 4.78 is 14.1. The molecule has 0 bridgehead atoms. The second-order valence-corrected chi connectivity index (χ2v) is 6.74. The molecular weight excluding hydrogens is 382 g/mol. The number of carbonyl (C=O) groups is 1. The van der Waals surface area contributed by atoms with E-state index in [2.05, 4.69) is 5.32 Å². The van der Waals surface area contributed by atoms with Crippen molar-refractivity contribution in [3.63, 3.8) is 0 Å². The number of imidazole rings is 1. The number of methoxy groups -OCH3 is 1. The maximum atomic E-state index is 12.5. The second-order valence-electron chi connectivity index (χ2n) is 6.74. The van der Waals surface area contributed by atoms with Crippen LogP contribution in [0.4, 0.5) is 5.69 Å². The summed E-state index contributed by atoms with van der Waals surface area (Å²) in [7, 11) is 3.28. The molecule has 0 saturated carbocycles. The van der Waals surface area contributed by atoms with Crippen LogP contribution in [0.15, 0.2) is 77.6 Å². The molecule has 4 rings (SSSR count). The molecule has 0 spiro atoms. The van der Waals surface area contributed by atoms with E-state index in [1.54, 1.807) is 38.4 Å². The van der Waals surface area contributed by atoms with Gasteiger partial charge >= 0.3 is 5.69 Å². The standard InChI is InChI=1S/C23H21N3O4/c1-25-18-7-3-4-8-19(18)26(23(25)28)15-22(27)24-16-11-13-17(14-12-16)30-21-10-6-5-9-20(21)29-2/h3-14H,15H2,1-2H3,(H,24,27). The highest BCUT2D eigenvalue weighted by Crippen LogP contribution is 2.31. The molecule has 0 radical (unpaired) electrons. The quantitative estimate of drug-likeness (QED) is 0.532. The lowest BCUT2D eigenvalue weighted by molar-refractivity contribution is -0.116. The molecule has 0 aliphatic rings. The lowest BCUT2D eigenvalue weighted by Gasteiger charge is -2.11. The van der Waals surface area contributed by atoms with Gasteiger partial charge in [0.05, 0.1) is 18.1 Å². The number of fused-ring (bicyclic) bond motifs is 1. The number of hydrogen-bond donors (Lipinski definition) is 1. The van der Waals surface area contributed by atoms with Gasteiger partial charge in [-0.25, -0.2) is 4.79 Å². The summed E-state index contributed by atoms with van der Waals surface area (Å²) in [6.07, 6.45) is 0. The van der Waals surface area contributed by atoms with E-state index in [1.165, 1.54) is 9.13 Å². The van der Waals surface area contributed by atoms with Crippen LogP contribution >= 0.6 is 0 Å². The molecule has 1 N–H and O–H groups in total. The van der Waals surface area contributed by atoms with E-state index in [-0.39, 0.29) is 18.1 Å². The topological polar surface area (TPSA) is 74.5 Å². The van der Waals surface area contributed by atoms with Gasteiger partial charge in [0.15, 0.2) is 11.5 Å². The number of aryl methyl sites for hydroxylation is 1. The van der Waals surface area contributed by atoms with Gasteiger partial charge in [-0.15, -0.1) is 0 Å². The zero-order valence-electron chi connectivity index (χ0n) is 16.7. The molecule has 0 aliphatic carbocycles. The van der Waals surface area contributed by atoms with Gasteiger partial charge in [-0.05, 0) is 48.5 Å². The van der Waals surface area contributed by atoms with Gasteiger partial charge in [0.2, 0.25) is 5.91 Å². The Morgan fingerprint density at radius 1 is 0.900 bits per heavy atom. The minimum absolute atomic E-state index is 0.0698. The second kappa shape index (κ2) is 8.16. The van der Waals surface area contributed by atoms with Gasteiger partial charge in [0, 0.05) is 12.7 Å². The fraction of sp³-hybridized carbons (Fsp3) is 0.130. The Hall–Kier alpha value is -4.00. The number of nitrogens with one attached hydrogen (secondary N) is 1. The SMILES string of the molecule is COc1ccccc1Oc1ccc(NC(=O)Cn2c(=O)n(C)c3ccccc32)cc1. The number of aromatic nitrogens is 2. The predicted molar refractivity (Wildman–Crippen MR) is 115 cm³/mol. The summed E-state index contributed by atoms with van der Waals surface area (Å²) in [5.41, 5.74) is 1.89. The third kappa shape index (κ3) is 3.77. The minimum atomic E-state index is -0.285. The van der Waals surface area contributed by atoms with E-state index >= 15 is 0 Å². The molecule has 1 amide bonds. The monoisotopic (exact) mass is 403 g/mol. The number of carbonyl (C=O) groups excluding carboxylic acids is 1. The Kier molecular flexibility index (Phi) is 5.26. The van der Waals surface area contributed by atoms with E-state index in [0.29, 0.717) is 22.9 Å². The summed E-state index contributed by atoms with van der Waals surface area (Å²) in [6, 6.07) is 21.8. The first-order valence-electron chi connectivity index (χ1n) is 9.42. The number of hydrogen-bond acceptors (Lipinski definition) is 4. The van der Waals surface area contributed by atoms with Crippen LogP contribution in [0.3, 0.4) is 0 Å². The first kappa shape index (κ1) is 19.3. The van der Waals surface area contributed by atoms with Crippen LogP contribution in [0.1, 0.15) is 0 Å². The highest BCUT2D eigenvalue weighted by molar-refractivity contribution is 5.91. The molecule has 3 aromatic carbocycles. The Balaban J connectivity index is 1.46. The first-order valence-corrected chi connectivity index (χ1v) is 9.42. The van der Waals surface area contributed by atoms with Crippen molar-refractivity contribution in [2.75, 3.05) is 12.4 Å². The Labute approximate surface area is 173 Å². The number of amides is 1. The van der Waals surface area contributed by atoms with Crippen LogP contribution in [0.25, 0.3) is 11.0 Å². The van der Waals surface area contributed by atoms with Crippen LogP contribution in [0.5, 0.6) is 17.2 Å². The van der Waals surface area contributed by atoms with Gasteiger partial charge < -0.3 is 14.8 Å². The van der Waals surface area contributed by atoms with Crippen molar-refractivity contribution < 1.29 is 14.3 Å². The summed E-state index contributed by atoms with van der Waals surface area (Å²) in [5, 5.41) is 2.82. The van der Waals surface area contributed by atoms with Crippen molar-refractivity contribution in [2.24, 2.45) is 7.05 Å². The minimum Gasteiger partial charge on any atom is -0.493 e. The average Bonchev–Trinajstić information content (AvgIpc) is 3.00. The molecule has 4 aromatic rings. The Bertz CT molecular complexity index is 1260. The third-order valence-corrected chi connectivity index (χ3v) is 4.79. The van der Waals surface area contributed by atoms with Gasteiger partial charge in [0.1, 0.15) is 12.3 Å². The lowest BCUT2D eigenvalue weighted by atomic mass is 10.3. The molecule has 7 nitrogen and oxygen atoms in total. The summed E-state index contributed by atoms with van der Waals surface area (Å²) in [5.74, 6) is 1.57. The van der Waals surface area contributed by atoms with E-state index in [9.17, 15) is 9.59 Å². The van der Waals surface area contributed by atoms with Crippen molar-refractivity contribution in [2.45, 2.75) is 6.54 Å². The van der Waals surface area contributed by atoms with Crippen molar-refractivity contribution in [3.05, 3.63) is 83.3 Å².